The summed E-state index contributed by atoms with van der Waals surface area (Å²) in [4.78, 5) is 19.3. The van der Waals surface area contributed by atoms with E-state index in [-0.39, 0.29) is 17.7 Å². The van der Waals surface area contributed by atoms with Gasteiger partial charge in [0.15, 0.2) is 5.17 Å². The minimum atomic E-state index is -0.259. The van der Waals surface area contributed by atoms with Crippen molar-refractivity contribution in [3.63, 3.8) is 0 Å². The van der Waals surface area contributed by atoms with Gasteiger partial charge < -0.3 is 10.0 Å². The highest BCUT2D eigenvalue weighted by molar-refractivity contribution is 8.18. The van der Waals surface area contributed by atoms with Crippen LogP contribution in [-0.4, -0.2) is 28.9 Å². The number of phenols is 1. The first-order chi connectivity index (χ1) is 19.0. The number of rotatable bonds is 5. The third-order valence-electron chi connectivity index (χ3n) is 6.79. The van der Waals surface area contributed by atoms with E-state index < -0.39 is 0 Å². The molecule has 7 heteroatoms. The number of carbonyl (C=O) groups is 1. The van der Waals surface area contributed by atoms with E-state index >= 15 is 0 Å². The number of carbonyl (C=O) groups excluding carboxylic acids is 1. The van der Waals surface area contributed by atoms with E-state index in [0.717, 1.165) is 34.6 Å². The first kappa shape index (κ1) is 24.7. The molecule has 2 heterocycles. The summed E-state index contributed by atoms with van der Waals surface area (Å²) in [5.41, 5.74) is 6.16. The molecule has 0 unspecified atom stereocenters. The van der Waals surface area contributed by atoms with E-state index in [2.05, 4.69) is 46.4 Å². The number of hydrazone groups is 1. The standard InChI is InChI=1S/C32H26N4O2S/c1-35(25-16-18-27(37)19-17-25)32-33-31(38)30(39-32)20-22-12-14-26(15-13-22)36-29(24-10-6-3-7-11-24)21-28(34-36)23-8-4-2-5-9-23/h2-20,29,37H,21H2,1H3/b30-20-/t29-/m0/s1. The van der Waals surface area contributed by atoms with Crippen molar-refractivity contribution in [2.45, 2.75) is 12.5 Å². The Balaban J connectivity index is 1.23. The molecule has 0 aromatic heterocycles. The number of amides is 1. The van der Waals surface area contributed by atoms with Gasteiger partial charge in [0.1, 0.15) is 5.75 Å². The summed E-state index contributed by atoms with van der Waals surface area (Å²) in [7, 11) is 1.85. The second-order valence-electron chi connectivity index (χ2n) is 9.37. The maximum Gasteiger partial charge on any atom is 0.286 e. The molecule has 0 aliphatic carbocycles. The zero-order valence-corrected chi connectivity index (χ0v) is 22.1. The summed E-state index contributed by atoms with van der Waals surface area (Å²) in [5.74, 6) is -0.0650. The van der Waals surface area contributed by atoms with Crippen molar-refractivity contribution in [3.05, 3.63) is 131 Å². The van der Waals surface area contributed by atoms with Crippen molar-refractivity contribution in [3.8, 4) is 5.75 Å². The molecule has 6 nitrogen and oxygen atoms in total. The average Bonchev–Trinajstić information content (AvgIpc) is 3.59. The van der Waals surface area contributed by atoms with Gasteiger partial charge in [0.25, 0.3) is 5.91 Å². The Labute approximate surface area is 231 Å². The molecular formula is C32H26N4O2S. The summed E-state index contributed by atoms with van der Waals surface area (Å²) >= 11 is 1.34. The van der Waals surface area contributed by atoms with Crippen molar-refractivity contribution in [2.75, 3.05) is 17.0 Å². The van der Waals surface area contributed by atoms with Crippen LogP contribution in [0.15, 0.2) is 124 Å². The normalized spacial score (nSPS) is 17.9. The van der Waals surface area contributed by atoms with Gasteiger partial charge in [0.2, 0.25) is 0 Å². The lowest BCUT2D eigenvalue weighted by atomic mass is 9.98. The van der Waals surface area contributed by atoms with E-state index in [4.69, 9.17) is 5.10 Å². The maximum absolute atomic E-state index is 12.7. The molecular weight excluding hydrogens is 504 g/mol. The first-order valence-corrected chi connectivity index (χ1v) is 13.5. The number of aliphatic imine (C=N–C) groups is 1. The predicted octanol–water partition coefficient (Wildman–Crippen LogP) is 6.85. The summed E-state index contributed by atoms with van der Waals surface area (Å²) < 4.78 is 0. The predicted molar refractivity (Wildman–Crippen MR) is 160 cm³/mol. The number of phenolic OH excluding ortho intramolecular Hbond substituents is 1. The van der Waals surface area contributed by atoms with Gasteiger partial charge in [-0.1, -0.05) is 72.8 Å². The van der Waals surface area contributed by atoms with Gasteiger partial charge in [-0.05, 0) is 70.9 Å². The van der Waals surface area contributed by atoms with Crippen molar-refractivity contribution >= 4 is 46.0 Å². The average molecular weight is 531 g/mol. The Bertz CT molecular complexity index is 1580. The van der Waals surface area contributed by atoms with E-state index in [0.29, 0.717) is 10.1 Å². The SMILES string of the molecule is CN(C1=NC(=O)/C(=C/c2ccc(N3N=C(c4ccccc4)C[C@H]3c3ccccc3)cc2)S1)c1ccc(O)cc1. The fourth-order valence-electron chi connectivity index (χ4n) is 4.69. The van der Waals surface area contributed by atoms with Crippen LogP contribution in [0.5, 0.6) is 5.75 Å². The topological polar surface area (TPSA) is 68.5 Å². The quantitative estimate of drug-likeness (QED) is 0.286. The summed E-state index contributed by atoms with van der Waals surface area (Å²) in [6, 6.07) is 35.8. The van der Waals surface area contributed by atoms with Gasteiger partial charge in [0, 0.05) is 19.2 Å². The molecule has 1 atom stereocenters. The van der Waals surface area contributed by atoms with Crippen LogP contribution in [0.3, 0.4) is 0 Å². The van der Waals surface area contributed by atoms with Crippen LogP contribution in [0.25, 0.3) is 6.08 Å². The van der Waals surface area contributed by atoms with Gasteiger partial charge in [-0.2, -0.15) is 10.1 Å². The van der Waals surface area contributed by atoms with Crippen LogP contribution in [0, 0.1) is 0 Å². The van der Waals surface area contributed by atoms with Crippen LogP contribution in [0.1, 0.15) is 29.2 Å². The second-order valence-corrected chi connectivity index (χ2v) is 10.4. The van der Waals surface area contributed by atoms with E-state index in [1.165, 1.54) is 17.3 Å². The van der Waals surface area contributed by atoms with Gasteiger partial charge in [0.05, 0.1) is 22.3 Å². The second kappa shape index (κ2) is 10.6. The lowest BCUT2D eigenvalue weighted by Gasteiger charge is -2.24. The van der Waals surface area contributed by atoms with Crippen LogP contribution >= 0.6 is 11.8 Å². The van der Waals surface area contributed by atoms with Crippen LogP contribution in [0.4, 0.5) is 11.4 Å². The van der Waals surface area contributed by atoms with Crippen molar-refractivity contribution < 1.29 is 9.90 Å². The Morgan fingerprint density at radius 2 is 1.56 bits per heavy atom. The van der Waals surface area contributed by atoms with Crippen molar-refractivity contribution in [1.29, 1.82) is 0 Å². The molecule has 2 aliphatic rings. The number of thioether (sulfide) groups is 1. The minimum absolute atomic E-state index is 0.101. The summed E-state index contributed by atoms with van der Waals surface area (Å²) in [6.45, 7) is 0. The molecule has 0 bridgehead atoms. The number of benzene rings is 4. The summed E-state index contributed by atoms with van der Waals surface area (Å²) in [5, 5.41) is 17.3. The summed E-state index contributed by atoms with van der Waals surface area (Å²) in [6.07, 6.45) is 2.69. The van der Waals surface area contributed by atoms with Crippen LogP contribution in [0.2, 0.25) is 0 Å². The number of amidine groups is 1. The Kier molecular flexibility index (Phi) is 6.73. The number of anilines is 2. The highest BCUT2D eigenvalue weighted by atomic mass is 32.2. The third kappa shape index (κ3) is 5.22. The van der Waals surface area contributed by atoms with E-state index in [1.54, 1.807) is 24.3 Å². The largest absolute Gasteiger partial charge is 0.508 e. The maximum atomic E-state index is 12.7. The number of hydrogen-bond donors (Lipinski definition) is 1. The monoisotopic (exact) mass is 530 g/mol. The lowest BCUT2D eigenvalue weighted by molar-refractivity contribution is -0.113. The lowest BCUT2D eigenvalue weighted by Crippen LogP contribution is -2.21. The zero-order chi connectivity index (χ0) is 26.8. The molecule has 0 spiro atoms. The third-order valence-corrected chi connectivity index (χ3v) is 7.85. The van der Waals surface area contributed by atoms with Gasteiger partial charge in [-0.25, -0.2) is 0 Å². The fraction of sp³-hybridized carbons (Fsp3) is 0.0938. The Morgan fingerprint density at radius 1 is 0.897 bits per heavy atom. The smallest absolute Gasteiger partial charge is 0.286 e. The van der Waals surface area contributed by atoms with Gasteiger partial charge in [-0.15, -0.1) is 0 Å². The number of aromatic hydroxyl groups is 1. The molecule has 2 aliphatic heterocycles. The molecule has 39 heavy (non-hydrogen) atoms. The molecule has 4 aromatic rings. The number of nitrogens with zero attached hydrogens (tertiary/aromatic N) is 4. The molecule has 192 valence electrons. The molecule has 0 fully saturated rings. The Hall–Kier alpha value is -4.62. The zero-order valence-electron chi connectivity index (χ0n) is 21.3. The fourth-order valence-corrected chi connectivity index (χ4v) is 5.59. The molecule has 1 N–H and O–H groups in total. The van der Waals surface area contributed by atoms with Crippen LogP contribution in [-0.2, 0) is 4.79 Å². The molecule has 0 radical (unpaired) electrons. The van der Waals surface area contributed by atoms with Crippen molar-refractivity contribution in [1.82, 2.24) is 0 Å². The highest BCUT2D eigenvalue weighted by Crippen LogP contribution is 2.37. The van der Waals surface area contributed by atoms with Crippen molar-refractivity contribution in [2.24, 2.45) is 10.1 Å². The van der Waals surface area contributed by atoms with E-state index in [1.807, 2.05) is 66.6 Å². The molecule has 1 amide bonds. The Morgan fingerprint density at radius 3 is 2.26 bits per heavy atom. The minimum Gasteiger partial charge on any atom is -0.508 e. The molecule has 6 rings (SSSR count). The van der Waals surface area contributed by atoms with Crippen LogP contribution < -0.4 is 9.91 Å². The van der Waals surface area contributed by atoms with Gasteiger partial charge in [-0.3, -0.25) is 9.80 Å². The first-order valence-electron chi connectivity index (χ1n) is 12.7. The molecule has 0 saturated heterocycles. The molecule has 0 saturated carbocycles. The number of hydrogen-bond acceptors (Lipinski definition) is 6. The van der Waals surface area contributed by atoms with Gasteiger partial charge >= 0.3 is 0 Å². The van der Waals surface area contributed by atoms with E-state index in [9.17, 15) is 9.90 Å². The highest BCUT2D eigenvalue weighted by Gasteiger charge is 2.30. The molecule has 4 aromatic carbocycles.